The summed E-state index contributed by atoms with van der Waals surface area (Å²) in [5, 5.41) is 10.1. The Labute approximate surface area is 246 Å². The largest absolute Gasteiger partial charge is 0.497 e. The molecule has 1 fully saturated rings. The van der Waals surface area contributed by atoms with Gasteiger partial charge in [-0.15, -0.1) is 0 Å². The smallest absolute Gasteiger partial charge is 0.255 e. The quantitative estimate of drug-likeness (QED) is 0.263. The normalized spacial score (nSPS) is 15.7. The molecule has 2 amide bonds. The Bertz CT molecular complexity index is 1520. The molecule has 4 aromatic rings. The molecule has 42 heavy (non-hydrogen) atoms. The van der Waals surface area contributed by atoms with Crippen molar-refractivity contribution in [2.45, 2.75) is 45.6 Å². The van der Waals surface area contributed by atoms with Crippen LogP contribution in [0.2, 0.25) is 0 Å². The summed E-state index contributed by atoms with van der Waals surface area (Å²) in [4.78, 5) is 32.7. The van der Waals surface area contributed by atoms with Crippen LogP contribution in [0.3, 0.4) is 0 Å². The molecule has 9 nitrogen and oxygen atoms in total. The number of hydrogen-bond donors (Lipinski definition) is 2. The molecule has 218 valence electrons. The number of ether oxygens (including phenoxy) is 1. The predicted molar refractivity (Wildman–Crippen MR) is 162 cm³/mol. The summed E-state index contributed by atoms with van der Waals surface area (Å²) >= 11 is 0. The Morgan fingerprint density at radius 2 is 1.71 bits per heavy atom. The molecular weight excluding hydrogens is 530 g/mol. The lowest BCUT2D eigenvalue weighted by Gasteiger charge is -2.30. The minimum atomic E-state index is -0.196. The van der Waals surface area contributed by atoms with Crippen molar-refractivity contribution in [2.24, 2.45) is 5.92 Å². The van der Waals surface area contributed by atoms with Gasteiger partial charge in [0.2, 0.25) is 17.6 Å². The number of nitrogens with zero attached hydrogens (tertiary/aromatic N) is 3. The number of rotatable bonds is 8. The van der Waals surface area contributed by atoms with Crippen LogP contribution < -0.4 is 15.4 Å². The standard InChI is InChI=1S/C33H37N5O4/c1-33(2,3)25-14-10-23(11-15-25)31(39)34-26-8-5-9-27(19-26)35-32(40)24-7-6-18-38(20-24)21-29-36-30(37-42-29)22-12-16-28(41-4)17-13-22/h5,8-17,19,24H,6-7,18,20-21H2,1-4H3,(H,34,39)(H,35,40). The van der Waals surface area contributed by atoms with E-state index in [1.165, 1.54) is 5.56 Å². The number of carbonyl (C=O) groups excluding carboxylic acids is 2. The van der Waals surface area contributed by atoms with Gasteiger partial charge in [-0.1, -0.05) is 44.1 Å². The molecule has 3 aromatic carbocycles. The lowest BCUT2D eigenvalue weighted by Crippen LogP contribution is -2.40. The van der Waals surface area contributed by atoms with Crippen molar-refractivity contribution in [3.05, 3.63) is 89.8 Å². The number of amides is 2. The highest BCUT2D eigenvalue weighted by Gasteiger charge is 2.27. The zero-order valence-corrected chi connectivity index (χ0v) is 24.5. The van der Waals surface area contributed by atoms with Crippen LogP contribution in [0.1, 0.15) is 55.4 Å². The second-order valence-electron chi connectivity index (χ2n) is 11.7. The summed E-state index contributed by atoms with van der Waals surface area (Å²) < 4.78 is 10.7. The molecule has 0 bridgehead atoms. The third-order valence-corrected chi connectivity index (χ3v) is 7.45. The average Bonchev–Trinajstić information content (AvgIpc) is 3.45. The van der Waals surface area contributed by atoms with Crippen LogP contribution in [-0.2, 0) is 16.8 Å². The fourth-order valence-electron chi connectivity index (χ4n) is 5.02. The molecular formula is C33H37N5O4. The number of hydrogen-bond acceptors (Lipinski definition) is 7. The molecule has 0 aliphatic carbocycles. The van der Waals surface area contributed by atoms with Gasteiger partial charge in [0.1, 0.15) is 5.75 Å². The fourth-order valence-corrected chi connectivity index (χ4v) is 5.02. The summed E-state index contributed by atoms with van der Waals surface area (Å²) in [5.41, 5.74) is 3.87. The van der Waals surface area contributed by atoms with Gasteiger partial charge in [0.15, 0.2) is 0 Å². The van der Waals surface area contributed by atoms with E-state index in [0.717, 1.165) is 30.7 Å². The molecule has 1 aromatic heterocycles. The zero-order valence-electron chi connectivity index (χ0n) is 24.5. The van der Waals surface area contributed by atoms with Gasteiger partial charge in [-0.3, -0.25) is 14.5 Å². The van der Waals surface area contributed by atoms with E-state index in [-0.39, 0.29) is 23.1 Å². The summed E-state index contributed by atoms with van der Waals surface area (Å²) in [7, 11) is 1.62. The first-order valence-electron chi connectivity index (χ1n) is 14.2. The topological polar surface area (TPSA) is 110 Å². The Morgan fingerprint density at radius 3 is 2.40 bits per heavy atom. The first-order valence-corrected chi connectivity index (χ1v) is 14.2. The van der Waals surface area contributed by atoms with Crippen LogP contribution in [0.4, 0.5) is 11.4 Å². The molecule has 1 aliphatic heterocycles. The van der Waals surface area contributed by atoms with Crippen LogP contribution >= 0.6 is 0 Å². The monoisotopic (exact) mass is 567 g/mol. The molecule has 0 spiro atoms. The van der Waals surface area contributed by atoms with Crippen molar-refractivity contribution in [2.75, 3.05) is 30.8 Å². The molecule has 5 rings (SSSR count). The maximum atomic E-state index is 13.2. The van der Waals surface area contributed by atoms with Crippen molar-refractivity contribution in [1.29, 1.82) is 0 Å². The molecule has 0 saturated carbocycles. The number of benzene rings is 3. The third-order valence-electron chi connectivity index (χ3n) is 7.45. The van der Waals surface area contributed by atoms with E-state index in [4.69, 9.17) is 9.26 Å². The van der Waals surface area contributed by atoms with Crippen molar-refractivity contribution >= 4 is 23.2 Å². The number of anilines is 2. The summed E-state index contributed by atoms with van der Waals surface area (Å²) in [6.07, 6.45) is 1.69. The minimum absolute atomic E-state index is 0.0190. The van der Waals surface area contributed by atoms with Crippen LogP contribution in [0, 0.1) is 5.92 Å². The van der Waals surface area contributed by atoms with Crippen molar-refractivity contribution in [3.63, 3.8) is 0 Å². The number of likely N-dealkylation sites (tertiary alicyclic amines) is 1. The SMILES string of the molecule is COc1ccc(-c2noc(CN3CCCC(C(=O)Nc4cccc(NC(=O)c5ccc(C(C)(C)C)cc5)c4)C3)n2)cc1. The minimum Gasteiger partial charge on any atom is -0.497 e. The molecule has 1 atom stereocenters. The molecule has 1 saturated heterocycles. The first kappa shape index (κ1) is 29.0. The van der Waals surface area contributed by atoms with Gasteiger partial charge in [-0.2, -0.15) is 4.98 Å². The highest BCUT2D eigenvalue weighted by atomic mass is 16.5. The lowest BCUT2D eigenvalue weighted by molar-refractivity contribution is -0.121. The van der Waals surface area contributed by atoms with Gasteiger partial charge in [0.05, 0.1) is 19.6 Å². The summed E-state index contributed by atoms with van der Waals surface area (Å²) in [6, 6.07) is 22.4. The summed E-state index contributed by atoms with van der Waals surface area (Å²) in [6.45, 7) is 8.33. The number of aromatic nitrogens is 2. The number of methoxy groups -OCH3 is 1. The second kappa shape index (κ2) is 12.6. The van der Waals surface area contributed by atoms with Crippen LogP contribution in [0.25, 0.3) is 11.4 Å². The molecule has 0 radical (unpaired) electrons. The predicted octanol–water partition coefficient (Wildman–Crippen LogP) is 6.15. The molecule has 1 aliphatic rings. The van der Waals surface area contributed by atoms with E-state index in [9.17, 15) is 9.59 Å². The van der Waals surface area contributed by atoms with Gasteiger partial charge < -0.3 is 19.9 Å². The Morgan fingerprint density at radius 1 is 1.00 bits per heavy atom. The highest BCUT2D eigenvalue weighted by Crippen LogP contribution is 2.25. The maximum absolute atomic E-state index is 13.2. The second-order valence-corrected chi connectivity index (χ2v) is 11.7. The first-order chi connectivity index (χ1) is 20.2. The average molecular weight is 568 g/mol. The Balaban J connectivity index is 1.15. The van der Waals surface area contributed by atoms with Crippen LogP contribution in [-0.4, -0.2) is 47.1 Å². The van der Waals surface area contributed by atoms with Gasteiger partial charge >= 0.3 is 0 Å². The Hall–Kier alpha value is -4.50. The number of carbonyl (C=O) groups is 2. The van der Waals surface area contributed by atoms with Crippen molar-refractivity contribution < 1.29 is 18.8 Å². The highest BCUT2D eigenvalue weighted by molar-refractivity contribution is 6.04. The number of nitrogens with one attached hydrogen (secondary N) is 2. The molecule has 1 unspecified atom stereocenters. The van der Waals surface area contributed by atoms with E-state index in [2.05, 4.69) is 46.4 Å². The van der Waals surface area contributed by atoms with Gasteiger partial charge in [-0.05, 0) is 85.0 Å². The summed E-state index contributed by atoms with van der Waals surface area (Å²) in [5.74, 6) is 1.37. The van der Waals surface area contributed by atoms with Crippen molar-refractivity contribution in [1.82, 2.24) is 15.0 Å². The van der Waals surface area contributed by atoms with Crippen LogP contribution in [0.15, 0.2) is 77.3 Å². The van der Waals surface area contributed by atoms with E-state index in [0.29, 0.717) is 41.7 Å². The fraction of sp³-hybridized carbons (Fsp3) is 0.333. The van der Waals surface area contributed by atoms with Gasteiger partial charge in [0, 0.05) is 29.0 Å². The molecule has 9 heteroatoms. The van der Waals surface area contributed by atoms with Crippen molar-refractivity contribution in [3.8, 4) is 17.1 Å². The van der Waals surface area contributed by atoms with E-state index in [1.54, 1.807) is 13.2 Å². The Kier molecular flexibility index (Phi) is 8.68. The molecule has 2 N–H and O–H groups in total. The third kappa shape index (κ3) is 7.22. The maximum Gasteiger partial charge on any atom is 0.255 e. The zero-order chi connectivity index (χ0) is 29.7. The molecule has 2 heterocycles. The van der Waals surface area contributed by atoms with E-state index < -0.39 is 0 Å². The number of piperidine rings is 1. The van der Waals surface area contributed by atoms with Gasteiger partial charge in [0.25, 0.3) is 5.91 Å². The van der Waals surface area contributed by atoms with Crippen LogP contribution in [0.5, 0.6) is 5.75 Å². The van der Waals surface area contributed by atoms with Gasteiger partial charge in [-0.25, -0.2) is 0 Å². The van der Waals surface area contributed by atoms with E-state index in [1.807, 2.05) is 66.7 Å². The lowest BCUT2D eigenvalue weighted by atomic mass is 9.87. The van der Waals surface area contributed by atoms with E-state index >= 15 is 0 Å².